The number of halogens is 1. The van der Waals surface area contributed by atoms with E-state index in [1.165, 1.54) is 18.4 Å². The van der Waals surface area contributed by atoms with Gasteiger partial charge in [0, 0.05) is 22.7 Å². The van der Waals surface area contributed by atoms with Gasteiger partial charge in [0.15, 0.2) is 0 Å². The van der Waals surface area contributed by atoms with Crippen molar-refractivity contribution in [3.63, 3.8) is 0 Å². The van der Waals surface area contributed by atoms with Crippen LogP contribution in [0.2, 0.25) is 0 Å². The summed E-state index contributed by atoms with van der Waals surface area (Å²) in [5.41, 5.74) is 1.18. The van der Waals surface area contributed by atoms with Crippen molar-refractivity contribution in [3.05, 3.63) is 28.2 Å². The van der Waals surface area contributed by atoms with Gasteiger partial charge in [0.1, 0.15) is 12.4 Å². The quantitative estimate of drug-likeness (QED) is 0.894. The lowest BCUT2D eigenvalue weighted by Gasteiger charge is -2.24. The second kappa shape index (κ2) is 7.27. The predicted octanol–water partition coefficient (Wildman–Crippen LogP) is 3.68. The smallest absolute Gasteiger partial charge is 0.125 e. The van der Waals surface area contributed by atoms with E-state index in [0.29, 0.717) is 6.61 Å². The van der Waals surface area contributed by atoms with E-state index in [4.69, 9.17) is 9.47 Å². The van der Waals surface area contributed by atoms with E-state index < -0.39 is 0 Å². The third-order valence-electron chi connectivity index (χ3n) is 3.57. The first-order chi connectivity index (χ1) is 9.20. The molecule has 1 aliphatic heterocycles. The highest BCUT2D eigenvalue weighted by molar-refractivity contribution is 9.10. The zero-order valence-electron chi connectivity index (χ0n) is 11.6. The molecule has 1 aliphatic rings. The monoisotopic (exact) mass is 327 g/mol. The van der Waals surface area contributed by atoms with Crippen LogP contribution in [0.25, 0.3) is 0 Å². The second-order valence-corrected chi connectivity index (χ2v) is 5.91. The molecule has 0 amide bonds. The number of benzene rings is 1. The van der Waals surface area contributed by atoms with Crippen LogP contribution in [0.15, 0.2) is 22.7 Å². The van der Waals surface area contributed by atoms with Gasteiger partial charge >= 0.3 is 0 Å². The SMILES string of the molecule is CNC(C)c1ccc(Br)cc1OCC1CCCCO1. The Morgan fingerprint density at radius 3 is 3.00 bits per heavy atom. The Hall–Kier alpha value is -0.580. The Morgan fingerprint density at radius 1 is 1.47 bits per heavy atom. The third kappa shape index (κ3) is 4.20. The summed E-state index contributed by atoms with van der Waals surface area (Å²) in [6.07, 6.45) is 3.76. The fourth-order valence-electron chi connectivity index (χ4n) is 2.27. The molecule has 106 valence electrons. The minimum atomic E-state index is 0.241. The van der Waals surface area contributed by atoms with Gasteiger partial charge in [-0.25, -0.2) is 0 Å². The van der Waals surface area contributed by atoms with E-state index in [1.54, 1.807) is 0 Å². The lowest BCUT2D eigenvalue weighted by atomic mass is 10.1. The molecular weight excluding hydrogens is 306 g/mol. The van der Waals surface area contributed by atoms with Gasteiger partial charge in [0.2, 0.25) is 0 Å². The maximum Gasteiger partial charge on any atom is 0.125 e. The highest BCUT2D eigenvalue weighted by Gasteiger charge is 2.16. The highest BCUT2D eigenvalue weighted by atomic mass is 79.9. The summed E-state index contributed by atoms with van der Waals surface area (Å²) in [6.45, 7) is 3.64. The number of nitrogens with one attached hydrogen (secondary N) is 1. The Labute approximate surface area is 123 Å². The molecule has 1 aromatic rings. The summed E-state index contributed by atoms with van der Waals surface area (Å²) in [4.78, 5) is 0. The van der Waals surface area contributed by atoms with Crippen LogP contribution in [0.3, 0.4) is 0 Å². The standard InChI is InChI=1S/C15H22BrNO2/c1-11(17-2)14-7-6-12(16)9-15(14)19-10-13-5-3-4-8-18-13/h6-7,9,11,13,17H,3-5,8,10H2,1-2H3. The normalized spacial score (nSPS) is 21.1. The van der Waals surface area contributed by atoms with Crippen molar-refractivity contribution in [1.29, 1.82) is 0 Å². The Bertz CT molecular complexity index is 405. The van der Waals surface area contributed by atoms with Crippen molar-refractivity contribution in [2.75, 3.05) is 20.3 Å². The Balaban J connectivity index is 2.02. The largest absolute Gasteiger partial charge is 0.490 e. The molecule has 0 aromatic heterocycles. The minimum Gasteiger partial charge on any atom is -0.490 e. The van der Waals surface area contributed by atoms with Crippen LogP contribution in [0.4, 0.5) is 0 Å². The van der Waals surface area contributed by atoms with Gasteiger partial charge in [-0.05, 0) is 45.4 Å². The number of rotatable bonds is 5. The average Bonchev–Trinajstić information content (AvgIpc) is 2.45. The van der Waals surface area contributed by atoms with Crippen LogP contribution in [0.1, 0.15) is 37.8 Å². The molecule has 1 N–H and O–H groups in total. The maximum absolute atomic E-state index is 5.99. The van der Waals surface area contributed by atoms with E-state index >= 15 is 0 Å². The molecule has 1 aromatic carbocycles. The van der Waals surface area contributed by atoms with Crippen LogP contribution in [-0.4, -0.2) is 26.4 Å². The molecule has 4 heteroatoms. The van der Waals surface area contributed by atoms with Gasteiger partial charge in [-0.15, -0.1) is 0 Å². The lowest BCUT2D eigenvalue weighted by Crippen LogP contribution is -2.26. The van der Waals surface area contributed by atoms with Gasteiger partial charge < -0.3 is 14.8 Å². The van der Waals surface area contributed by atoms with Gasteiger partial charge in [-0.2, -0.15) is 0 Å². The van der Waals surface area contributed by atoms with Crippen LogP contribution in [0.5, 0.6) is 5.75 Å². The molecule has 2 atom stereocenters. The average molecular weight is 328 g/mol. The van der Waals surface area contributed by atoms with Gasteiger partial charge in [0.25, 0.3) is 0 Å². The fourth-order valence-corrected chi connectivity index (χ4v) is 2.61. The Morgan fingerprint density at radius 2 is 2.32 bits per heavy atom. The summed E-state index contributed by atoms with van der Waals surface area (Å²) < 4.78 is 12.7. The van der Waals surface area contributed by atoms with Gasteiger partial charge in [-0.3, -0.25) is 0 Å². The number of ether oxygens (including phenoxy) is 2. The zero-order chi connectivity index (χ0) is 13.7. The van der Waals surface area contributed by atoms with Crippen molar-refractivity contribution in [2.24, 2.45) is 0 Å². The lowest BCUT2D eigenvalue weighted by molar-refractivity contribution is -0.0113. The first kappa shape index (κ1) is 14.8. The summed E-state index contributed by atoms with van der Waals surface area (Å²) in [5.74, 6) is 0.936. The van der Waals surface area contributed by atoms with Crippen LogP contribution < -0.4 is 10.1 Å². The van der Waals surface area contributed by atoms with Crippen molar-refractivity contribution < 1.29 is 9.47 Å². The van der Waals surface area contributed by atoms with Crippen molar-refractivity contribution in [2.45, 2.75) is 38.3 Å². The van der Waals surface area contributed by atoms with E-state index in [0.717, 1.165) is 23.2 Å². The topological polar surface area (TPSA) is 30.5 Å². The maximum atomic E-state index is 5.99. The predicted molar refractivity (Wildman–Crippen MR) is 80.7 cm³/mol. The molecular formula is C15H22BrNO2. The molecule has 2 unspecified atom stereocenters. The van der Waals surface area contributed by atoms with Crippen molar-refractivity contribution in [1.82, 2.24) is 5.32 Å². The van der Waals surface area contributed by atoms with Crippen molar-refractivity contribution in [3.8, 4) is 5.75 Å². The number of hydrogen-bond donors (Lipinski definition) is 1. The molecule has 0 saturated carbocycles. The summed E-state index contributed by atoms with van der Waals surface area (Å²) in [7, 11) is 1.96. The van der Waals surface area contributed by atoms with E-state index in [2.05, 4.69) is 34.2 Å². The van der Waals surface area contributed by atoms with Gasteiger partial charge in [0.05, 0.1) is 6.10 Å². The number of hydrogen-bond acceptors (Lipinski definition) is 3. The first-order valence-electron chi connectivity index (χ1n) is 6.92. The molecule has 0 radical (unpaired) electrons. The highest BCUT2D eigenvalue weighted by Crippen LogP contribution is 2.29. The Kier molecular flexibility index (Phi) is 5.67. The summed E-state index contributed by atoms with van der Waals surface area (Å²) in [5, 5.41) is 3.25. The summed E-state index contributed by atoms with van der Waals surface area (Å²) in [6, 6.07) is 6.46. The molecule has 1 fully saturated rings. The summed E-state index contributed by atoms with van der Waals surface area (Å²) >= 11 is 3.50. The van der Waals surface area contributed by atoms with Crippen molar-refractivity contribution >= 4 is 15.9 Å². The van der Waals surface area contributed by atoms with Crippen LogP contribution in [-0.2, 0) is 4.74 Å². The van der Waals surface area contributed by atoms with E-state index in [1.807, 2.05) is 19.2 Å². The second-order valence-electron chi connectivity index (χ2n) is 4.99. The molecule has 3 nitrogen and oxygen atoms in total. The van der Waals surface area contributed by atoms with Crippen LogP contribution >= 0.6 is 15.9 Å². The molecule has 2 rings (SSSR count). The van der Waals surface area contributed by atoms with Crippen LogP contribution in [0, 0.1) is 0 Å². The molecule has 1 heterocycles. The minimum absolute atomic E-state index is 0.241. The zero-order valence-corrected chi connectivity index (χ0v) is 13.2. The molecule has 19 heavy (non-hydrogen) atoms. The van der Waals surface area contributed by atoms with E-state index in [9.17, 15) is 0 Å². The first-order valence-corrected chi connectivity index (χ1v) is 7.71. The third-order valence-corrected chi connectivity index (χ3v) is 4.07. The molecule has 0 aliphatic carbocycles. The van der Waals surface area contributed by atoms with Gasteiger partial charge in [-0.1, -0.05) is 22.0 Å². The van der Waals surface area contributed by atoms with E-state index in [-0.39, 0.29) is 12.1 Å². The molecule has 0 bridgehead atoms. The fraction of sp³-hybridized carbons (Fsp3) is 0.600. The molecule has 0 spiro atoms. The molecule has 1 saturated heterocycles.